The molecule has 1 unspecified atom stereocenters. The number of aryl methyl sites for hydroxylation is 1. The lowest BCUT2D eigenvalue weighted by Gasteiger charge is -2.38. The highest BCUT2D eigenvalue weighted by Gasteiger charge is 2.27. The molecule has 166 valence electrons. The summed E-state index contributed by atoms with van der Waals surface area (Å²) >= 11 is 1.81. The quantitative estimate of drug-likeness (QED) is 0.354. The molecule has 1 N–H and O–H groups in total. The van der Waals surface area contributed by atoms with Gasteiger partial charge in [-0.3, -0.25) is 9.89 Å². The average Bonchev–Trinajstić information content (AvgIpc) is 3.44. The topological polar surface area (TPSA) is 56.5 Å². The molecule has 2 aliphatic heterocycles. The summed E-state index contributed by atoms with van der Waals surface area (Å²) in [7, 11) is 1.87. The van der Waals surface area contributed by atoms with Gasteiger partial charge in [0.1, 0.15) is 11.5 Å². The SMILES string of the molecule is CN=C(NCC(c1ccc(C)o1)N1CCOCC1)N1CCN(c2cccs2)CC1.I. The Hall–Kier alpha value is -1.30. The molecule has 0 spiro atoms. The molecule has 0 aromatic carbocycles. The zero-order chi connectivity index (χ0) is 20.1. The van der Waals surface area contributed by atoms with Crippen molar-refractivity contribution in [3.05, 3.63) is 41.2 Å². The molecule has 2 aliphatic rings. The number of anilines is 1. The van der Waals surface area contributed by atoms with Crippen LogP contribution in [0, 0.1) is 6.92 Å². The highest BCUT2D eigenvalue weighted by molar-refractivity contribution is 14.0. The van der Waals surface area contributed by atoms with Crippen LogP contribution in [-0.4, -0.2) is 81.8 Å². The summed E-state index contributed by atoms with van der Waals surface area (Å²) in [4.78, 5) is 11.8. The van der Waals surface area contributed by atoms with E-state index < -0.39 is 0 Å². The zero-order valence-electron chi connectivity index (χ0n) is 17.7. The predicted octanol–water partition coefficient (Wildman–Crippen LogP) is 3.04. The minimum absolute atomic E-state index is 0. The average molecular weight is 545 g/mol. The molecule has 2 saturated heterocycles. The van der Waals surface area contributed by atoms with Gasteiger partial charge >= 0.3 is 0 Å². The number of piperazine rings is 1. The molecule has 7 nitrogen and oxygen atoms in total. The van der Waals surface area contributed by atoms with Gasteiger partial charge in [0.15, 0.2) is 5.96 Å². The third-order valence-corrected chi connectivity index (χ3v) is 6.57. The molecule has 0 amide bonds. The fourth-order valence-electron chi connectivity index (χ4n) is 4.04. The number of hydrogen-bond acceptors (Lipinski definition) is 6. The summed E-state index contributed by atoms with van der Waals surface area (Å²) in [5, 5.41) is 7.11. The molecular formula is C21H32IN5O2S. The second kappa shape index (κ2) is 11.4. The van der Waals surface area contributed by atoms with E-state index in [2.05, 4.69) is 48.6 Å². The van der Waals surface area contributed by atoms with Crippen molar-refractivity contribution in [1.82, 2.24) is 15.1 Å². The number of morpholine rings is 1. The van der Waals surface area contributed by atoms with Crippen molar-refractivity contribution in [1.29, 1.82) is 0 Å². The van der Waals surface area contributed by atoms with Gasteiger partial charge in [0.05, 0.1) is 24.3 Å². The van der Waals surface area contributed by atoms with Crippen LogP contribution in [0.5, 0.6) is 0 Å². The number of rotatable bonds is 5. The number of hydrogen-bond donors (Lipinski definition) is 1. The third kappa shape index (κ3) is 5.68. The Morgan fingerprint density at radius 1 is 1.13 bits per heavy atom. The van der Waals surface area contributed by atoms with Crippen molar-refractivity contribution in [3.8, 4) is 0 Å². The van der Waals surface area contributed by atoms with E-state index in [0.29, 0.717) is 0 Å². The van der Waals surface area contributed by atoms with Crippen molar-refractivity contribution in [3.63, 3.8) is 0 Å². The Bertz CT molecular complexity index is 783. The summed E-state index contributed by atoms with van der Waals surface area (Å²) in [6.45, 7) is 10.1. The zero-order valence-corrected chi connectivity index (χ0v) is 20.9. The van der Waals surface area contributed by atoms with Crippen LogP contribution in [0.1, 0.15) is 17.6 Å². The van der Waals surface area contributed by atoms with Gasteiger partial charge in [0.2, 0.25) is 0 Å². The van der Waals surface area contributed by atoms with E-state index >= 15 is 0 Å². The molecule has 0 bridgehead atoms. The number of halogens is 1. The summed E-state index contributed by atoms with van der Waals surface area (Å²) < 4.78 is 11.5. The highest BCUT2D eigenvalue weighted by atomic mass is 127. The first-order valence-corrected chi connectivity index (χ1v) is 11.2. The van der Waals surface area contributed by atoms with Crippen LogP contribution in [0.15, 0.2) is 39.1 Å². The normalized spacial score (nSPS) is 19.5. The Labute approximate surface area is 200 Å². The van der Waals surface area contributed by atoms with E-state index in [-0.39, 0.29) is 30.0 Å². The van der Waals surface area contributed by atoms with Gasteiger partial charge in [-0.2, -0.15) is 0 Å². The van der Waals surface area contributed by atoms with E-state index in [1.807, 2.05) is 31.4 Å². The molecule has 30 heavy (non-hydrogen) atoms. The van der Waals surface area contributed by atoms with Gasteiger partial charge in [-0.25, -0.2) is 0 Å². The van der Waals surface area contributed by atoms with E-state index in [1.165, 1.54) is 5.00 Å². The fourth-order valence-corrected chi connectivity index (χ4v) is 4.83. The van der Waals surface area contributed by atoms with Crippen LogP contribution in [0.2, 0.25) is 0 Å². The van der Waals surface area contributed by atoms with Gasteiger partial charge in [0, 0.05) is 52.9 Å². The van der Waals surface area contributed by atoms with Crippen molar-refractivity contribution < 1.29 is 9.15 Å². The molecule has 2 aromatic rings. The molecule has 0 radical (unpaired) electrons. The summed E-state index contributed by atoms with van der Waals surface area (Å²) in [6, 6.07) is 8.64. The van der Waals surface area contributed by atoms with Crippen LogP contribution in [0.4, 0.5) is 5.00 Å². The first-order chi connectivity index (χ1) is 14.2. The van der Waals surface area contributed by atoms with Crippen molar-refractivity contribution >= 4 is 46.3 Å². The lowest BCUT2D eigenvalue weighted by molar-refractivity contribution is 0.0123. The Morgan fingerprint density at radius 3 is 2.50 bits per heavy atom. The summed E-state index contributed by atoms with van der Waals surface area (Å²) in [5.74, 6) is 2.93. The predicted molar refractivity (Wildman–Crippen MR) is 133 cm³/mol. The molecule has 1 atom stereocenters. The van der Waals surface area contributed by atoms with Gasteiger partial charge in [-0.05, 0) is 36.6 Å². The molecular weight excluding hydrogens is 513 g/mol. The smallest absolute Gasteiger partial charge is 0.193 e. The standard InChI is InChI=1S/C21H31N5O2S.HI/c1-17-5-6-19(28-17)18(24-11-13-27-14-12-24)16-23-21(22-2)26-9-7-25(8-10-26)20-4-3-15-29-20;/h3-6,15,18H,7-14,16H2,1-2H3,(H,22,23);1H. The second-order valence-electron chi connectivity index (χ2n) is 7.47. The number of ether oxygens (including phenoxy) is 1. The fraction of sp³-hybridized carbons (Fsp3) is 0.571. The van der Waals surface area contributed by atoms with Gasteiger partial charge in [0.25, 0.3) is 0 Å². The second-order valence-corrected chi connectivity index (χ2v) is 8.39. The lowest BCUT2D eigenvalue weighted by Crippen LogP contribution is -2.53. The van der Waals surface area contributed by atoms with Crippen LogP contribution in [0.25, 0.3) is 0 Å². The van der Waals surface area contributed by atoms with Gasteiger partial charge < -0.3 is 24.3 Å². The van der Waals surface area contributed by atoms with Crippen molar-refractivity contribution in [2.45, 2.75) is 13.0 Å². The number of nitrogens with zero attached hydrogens (tertiary/aromatic N) is 4. The lowest BCUT2D eigenvalue weighted by atomic mass is 10.1. The molecule has 0 saturated carbocycles. The number of guanidine groups is 1. The molecule has 2 aromatic heterocycles. The van der Waals surface area contributed by atoms with E-state index in [9.17, 15) is 0 Å². The van der Waals surface area contributed by atoms with Crippen LogP contribution < -0.4 is 10.2 Å². The minimum atomic E-state index is 0. The van der Waals surface area contributed by atoms with E-state index in [4.69, 9.17) is 9.15 Å². The van der Waals surface area contributed by atoms with Crippen LogP contribution >= 0.6 is 35.3 Å². The van der Waals surface area contributed by atoms with Crippen LogP contribution in [0.3, 0.4) is 0 Å². The maximum absolute atomic E-state index is 5.98. The number of nitrogens with one attached hydrogen (secondary N) is 1. The molecule has 9 heteroatoms. The van der Waals surface area contributed by atoms with Crippen LogP contribution in [-0.2, 0) is 4.74 Å². The molecule has 4 heterocycles. The Morgan fingerprint density at radius 2 is 1.90 bits per heavy atom. The Kier molecular flexibility index (Phi) is 8.84. The summed E-state index contributed by atoms with van der Waals surface area (Å²) in [5.41, 5.74) is 0. The minimum Gasteiger partial charge on any atom is -0.465 e. The number of aliphatic imine (C=N–C) groups is 1. The van der Waals surface area contributed by atoms with Gasteiger partial charge in [-0.15, -0.1) is 35.3 Å². The van der Waals surface area contributed by atoms with Gasteiger partial charge in [-0.1, -0.05) is 0 Å². The van der Waals surface area contributed by atoms with E-state index in [0.717, 1.165) is 76.5 Å². The van der Waals surface area contributed by atoms with E-state index in [1.54, 1.807) is 0 Å². The maximum Gasteiger partial charge on any atom is 0.193 e. The number of thiophene rings is 1. The van der Waals surface area contributed by atoms with Crippen molar-refractivity contribution in [2.75, 3.05) is 71.0 Å². The largest absolute Gasteiger partial charge is 0.465 e. The first kappa shape index (κ1) is 23.4. The first-order valence-electron chi connectivity index (χ1n) is 10.4. The maximum atomic E-state index is 5.98. The monoisotopic (exact) mass is 545 g/mol. The molecule has 0 aliphatic carbocycles. The third-order valence-electron chi connectivity index (χ3n) is 5.64. The Balaban J connectivity index is 0.00000256. The number of furan rings is 1. The summed E-state index contributed by atoms with van der Waals surface area (Å²) in [6.07, 6.45) is 0. The molecule has 4 rings (SSSR count). The highest BCUT2D eigenvalue weighted by Crippen LogP contribution is 2.24. The van der Waals surface area contributed by atoms with Crippen molar-refractivity contribution in [2.24, 2.45) is 4.99 Å². The molecule has 2 fully saturated rings.